The van der Waals surface area contributed by atoms with E-state index in [1.54, 1.807) is 55.5 Å². The predicted octanol–water partition coefficient (Wildman–Crippen LogP) is 5.64. The number of aryl methyl sites for hydroxylation is 1. The average Bonchev–Trinajstić information content (AvgIpc) is 3.32. The Morgan fingerprint density at radius 1 is 1.05 bits per heavy atom. The van der Waals surface area contributed by atoms with E-state index in [0.29, 0.717) is 33.1 Å². The van der Waals surface area contributed by atoms with Gasteiger partial charge in [0.15, 0.2) is 11.9 Å². The molecule has 2 amide bonds. The van der Waals surface area contributed by atoms with Gasteiger partial charge in [-0.2, -0.15) is 0 Å². The molecule has 3 aromatic carbocycles. The smallest absolute Gasteiger partial charge is 0.338 e. The van der Waals surface area contributed by atoms with Gasteiger partial charge in [0.05, 0.1) is 48.8 Å². The van der Waals surface area contributed by atoms with Crippen LogP contribution in [0.15, 0.2) is 60.7 Å². The number of carbonyl (C=O) groups excluding carboxylic acids is 3. The largest absolute Gasteiger partial charge is 0.495 e. The predicted molar refractivity (Wildman–Crippen MR) is 154 cm³/mol. The second kappa shape index (κ2) is 13.2. The van der Waals surface area contributed by atoms with Crippen LogP contribution in [0.5, 0.6) is 11.5 Å². The second-order valence-electron chi connectivity index (χ2n) is 9.79. The Hall–Kier alpha value is -4.22. The number of halogens is 3. The molecular formula is C30H30ClF2N3O6. The van der Waals surface area contributed by atoms with Crippen molar-refractivity contribution in [2.75, 3.05) is 31.4 Å². The Balaban J connectivity index is 1.50. The number of Topliss-reactive ketones (excluding diaryl/α,β-unsaturated/α-hetero) is 1. The number of urea groups is 1. The number of hydrogen-bond acceptors (Lipinski definition) is 7. The van der Waals surface area contributed by atoms with Gasteiger partial charge in [-0.15, -0.1) is 0 Å². The summed E-state index contributed by atoms with van der Waals surface area (Å²) in [5, 5.41) is 8.40. The van der Waals surface area contributed by atoms with Crippen LogP contribution in [0.1, 0.15) is 27.9 Å². The number of esters is 1. The highest BCUT2D eigenvalue weighted by Crippen LogP contribution is 2.31. The fourth-order valence-corrected chi connectivity index (χ4v) is 4.80. The molecule has 0 bridgehead atoms. The molecule has 4 rings (SSSR count). The maximum Gasteiger partial charge on any atom is 0.338 e. The zero-order valence-electron chi connectivity index (χ0n) is 23.1. The van der Waals surface area contributed by atoms with E-state index in [-0.39, 0.29) is 17.9 Å². The number of carbonyl (C=O) groups is 3. The summed E-state index contributed by atoms with van der Waals surface area (Å²) < 4.78 is 44.3. The van der Waals surface area contributed by atoms with E-state index in [2.05, 4.69) is 16.0 Å². The summed E-state index contributed by atoms with van der Waals surface area (Å²) in [5.41, 5.74) is 2.14. The summed E-state index contributed by atoms with van der Waals surface area (Å²) in [6, 6.07) is 14.6. The first kappa shape index (κ1) is 30.7. The summed E-state index contributed by atoms with van der Waals surface area (Å²) in [4.78, 5) is 38.0. The van der Waals surface area contributed by atoms with Gasteiger partial charge in [-0.1, -0.05) is 29.8 Å². The Morgan fingerprint density at radius 2 is 1.79 bits per heavy atom. The van der Waals surface area contributed by atoms with Crippen molar-refractivity contribution in [3.63, 3.8) is 0 Å². The topological polar surface area (TPSA) is 115 Å². The first-order valence-corrected chi connectivity index (χ1v) is 13.4. The van der Waals surface area contributed by atoms with Gasteiger partial charge in [-0.3, -0.25) is 4.79 Å². The van der Waals surface area contributed by atoms with Crippen LogP contribution in [0.2, 0.25) is 5.02 Å². The minimum atomic E-state index is -2.99. The Kier molecular flexibility index (Phi) is 9.64. The third kappa shape index (κ3) is 7.54. The molecular weight excluding hydrogens is 572 g/mol. The first-order chi connectivity index (χ1) is 20.0. The Bertz CT molecular complexity index is 1490. The summed E-state index contributed by atoms with van der Waals surface area (Å²) in [5.74, 6) is -3.43. The summed E-state index contributed by atoms with van der Waals surface area (Å²) in [6.07, 6.45) is -1.97. The molecule has 3 N–H and O–H groups in total. The maximum absolute atomic E-state index is 14.1. The van der Waals surface area contributed by atoms with Gasteiger partial charge in [0.1, 0.15) is 11.5 Å². The fourth-order valence-electron chi connectivity index (χ4n) is 4.62. The second-order valence-corrected chi connectivity index (χ2v) is 10.2. The van der Waals surface area contributed by atoms with Gasteiger partial charge >= 0.3 is 12.0 Å². The van der Waals surface area contributed by atoms with Crippen LogP contribution < -0.4 is 25.4 Å². The van der Waals surface area contributed by atoms with E-state index in [1.807, 2.05) is 0 Å². The van der Waals surface area contributed by atoms with Crippen molar-refractivity contribution in [2.45, 2.75) is 37.8 Å². The number of ether oxygens (including phenoxy) is 3. The third-order valence-corrected chi connectivity index (χ3v) is 7.03. The molecule has 1 heterocycles. The van der Waals surface area contributed by atoms with Gasteiger partial charge in [0.25, 0.3) is 5.92 Å². The number of hydrogen-bond donors (Lipinski definition) is 3. The standard InChI is InChI=1S/C30H30ClF2N3O6/c1-17-12-19(9-10-20(17)28(38)41-3)42-27(24-15-30(32,33)16-34-24)25(37)13-18-8-11-23(26(14-18)40-2)36-29(39)35-22-7-5-4-6-21(22)31/h4-12,14,24,27,34H,13,15-16H2,1-3H3,(H2,35,36,39). The van der Waals surface area contributed by atoms with Crippen LogP contribution in [0.25, 0.3) is 0 Å². The molecule has 0 aliphatic carbocycles. The number of ketones is 1. The van der Waals surface area contributed by atoms with Gasteiger partial charge in [-0.05, 0) is 60.5 Å². The van der Waals surface area contributed by atoms with E-state index in [1.165, 1.54) is 26.4 Å². The minimum Gasteiger partial charge on any atom is -0.495 e. The van der Waals surface area contributed by atoms with Crippen LogP contribution in [-0.2, 0) is 16.0 Å². The number of nitrogens with one attached hydrogen (secondary N) is 3. The molecule has 12 heteroatoms. The van der Waals surface area contributed by atoms with Gasteiger partial charge in [0.2, 0.25) is 0 Å². The van der Waals surface area contributed by atoms with Crippen molar-refractivity contribution in [3.05, 3.63) is 82.4 Å². The molecule has 2 unspecified atom stereocenters. The van der Waals surface area contributed by atoms with Crippen molar-refractivity contribution >= 4 is 40.8 Å². The third-order valence-electron chi connectivity index (χ3n) is 6.71. The van der Waals surface area contributed by atoms with Gasteiger partial charge in [-0.25, -0.2) is 18.4 Å². The lowest BCUT2D eigenvalue weighted by atomic mass is 9.98. The van der Waals surface area contributed by atoms with Crippen LogP contribution in [0, 0.1) is 6.92 Å². The van der Waals surface area contributed by atoms with Crippen LogP contribution in [-0.4, -0.2) is 56.6 Å². The number of anilines is 2. The highest BCUT2D eigenvalue weighted by Gasteiger charge is 2.45. The normalized spacial score (nSPS) is 16.3. The van der Waals surface area contributed by atoms with E-state index >= 15 is 0 Å². The van der Waals surface area contributed by atoms with E-state index in [4.69, 9.17) is 25.8 Å². The van der Waals surface area contributed by atoms with Crippen molar-refractivity contribution in [2.24, 2.45) is 0 Å². The molecule has 1 saturated heterocycles. The molecule has 1 aliphatic rings. The quantitative estimate of drug-likeness (QED) is 0.258. The van der Waals surface area contributed by atoms with Crippen LogP contribution >= 0.6 is 11.6 Å². The number of benzene rings is 3. The first-order valence-electron chi connectivity index (χ1n) is 13.0. The summed E-state index contributed by atoms with van der Waals surface area (Å²) in [6.45, 7) is 1.10. The highest BCUT2D eigenvalue weighted by atomic mass is 35.5. The molecule has 2 atom stereocenters. The number of amides is 2. The highest BCUT2D eigenvalue weighted by molar-refractivity contribution is 6.33. The maximum atomic E-state index is 14.1. The summed E-state index contributed by atoms with van der Waals surface area (Å²) in [7, 11) is 2.68. The molecule has 3 aromatic rings. The lowest BCUT2D eigenvalue weighted by molar-refractivity contribution is -0.126. The number of alkyl halides is 2. The Morgan fingerprint density at radius 3 is 2.43 bits per heavy atom. The van der Waals surface area contributed by atoms with Gasteiger partial charge in [0, 0.05) is 12.8 Å². The molecule has 1 fully saturated rings. The number of methoxy groups -OCH3 is 2. The van der Waals surface area contributed by atoms with E-state index in [9.17, 15) is 23.2 Å². The SMILES string of the molecule is COC(=O)c1ccc(OC(C(=O)Cc2ccc(NC(=O)Nc3ccccc3Cl)c(OC)c2)C2CC(F)(F)CN2)cc1C. The van der Waals surface area contributed by atoms with E-state index < -0.39 is 48.8 Å². The average molecular weight is 602 g/mol. The molecule has 0 saturated carbocycles. The van der Waals surface area contributed by atoms with Crippen molar-refractivity contribution in [1.29, 1.82) is 0 Å². The lowest BCUT2D eigenvalue weighted by Gasteiger charge is -2.24. The molecule has 222 valence electrons. The zero-order chi connectivity index (χ0) is 30.4. The lowest BCUT2D eigenvalue weighted by Crippen LogP contribution is -2.45. The van der Waals surface area contributed by atoms with Crippen LogP contribution in [0.3, 0.4) is 0 Å². The molecule has 42 heavy (non-hydrogen) atoms. The number of para-hydroxylation sites is 1. The van der Waals surface area contributed by atoms with Crippen molar-refractivity contribution in [3.8, 4) is 11.5 Å². The van der Waals surface area contributed by atoms with E-state index in [0.717, 1.165) is 0 Å². The molecule has 0 radical (unpaired) electrons. The molecule has 0 aromatic heterocycles. The molecule has 0 spiro atoms. The van der Waals surface area contributed by atoms with Crippen molar-refractivity contribution < 1.29 is 37.4 Å². The molecule has 9 nitrogen and oxygen atoms in total. The minimum absolute atomic E-state index is 0.157. The monoisotopic (exact) mass is 601 g/mol. The van der Waals surface area contributed by atoms with Crippen molar-refractivity contribution in [1.82, 2.24) is 5.32 Å². The van der Waals surface area contributed by atoms with Crippen LogP contribution in [0.4, 0.5) is 25.0 Å². The summed E-state index contributed by atoms with van der Waals surface area (Å²) >= 11 is 6.10. The Labute approximate surface area is 246 Å². The fraction of sp³-hybridized carbons (Fsp3) is 0.300. The number of rotatable bonds is 10. The zero-order valence-corrected chi connectivity index (χ0v) is 23.9. The van der Waals surface area contributed by atoms with Gasteiger partial charge < -0.3 is 30.2 Å². The molecule has 1 aliphatic heterocycles.